The zero-order valence-electron chi connectivity index (χ0n) is 10.2. The second kappa shape index (κ2) is 5.48. The largest absolute Gasteiger partial charge is 0.352 e. The Morgan fingerprint density at radius 1 is 1.37 bits per heavy atom. The minimum atomic E-state index is -3.87. The van der Waals surface area contributed by atoms with E-state index >= 15 is 0 Å². The average Bonchev–Trinajstić information content (AvgIpc) is 2.24. The highest BCUT2D eigenvalue weighted by molar-refractivity contribution is 7.89. The molecule has 0 unspecified atom stereocenters. The Morgan fingerprint density at radius 2 is 2.05 bits per heavy atom. The first-order valence-corrected chi connectivity index (χ1v) is 7.90. The fourth-order valence-corrected chi connectivity index (χ4v) is 2.78. The fourth-order valence-electron chi connectivity index (χ4n) is 1.89. The molecule has 1 fully saturated rings. The second-order valence-corrected chi connectivity index (χ2v) is 6.73. The molecule has 104 valence electrons. The van der Waals surface area contributed by atoms with E-state index in [0.717, 1.165) is 12.8 Å². The zero-order chi connectivity index (χ0) is 14.0. The van der Waals surface area contributed by atoms with E-state index in [1.54, 1.807) is 0 Å². The smallest absolute Gasteiger partial charge is 0.251 e. The number of benzene rings is 1. The number of hydrogen-bond donors (Lipinski definition) is 2. The molecule has 0 aromatic heterocycles. The molecule has 1 aliphatic carbocycles. The number of amides is 1. The summed E-state index contributed by atoms with van der Waals surface area (Å²) in [6.45, 7) is 0.607. The summed E-state index contributed by atoms with van der Waals surface area (Å²) in [6, 6.07) is 3.88. The third kappa shape index (κ3) is 3.68. The molecule has 1 amide bonds. The van der Waals surface area contributed by atoms with Crippen molar-refractivity contribution in [2.75, 3.05) is 6.54 Å². The maximum atomic E-state index is 11.9. The molecular formula is C12H15ClN2O3S. The van der Waals surface area contributed by atoms with Crippen LogP contribution >= 0.6 is 11.6 Å². The topological polar surface area (TPSA) is 89.3 Å². The van der Waals surface area contributed by atoms with E-state index in [9.17, 15) is 13.2 Å². The van der Waals surface area contributed by atoms with E-state index in [4.69, 9.17) is 16.7 Å². The molecule has 0 heterocycles. The maximum absolute atomic E-state index is 11.9. The molecule has 0 aliphatic heterocycles. The van der Waals surface area contributed by atoms with Crippen LogP contribution < -0.4 is 10.5 Å². The van der Waals surface area contributed by atoms with Gasteiger partial charge in [-0.25, -0.2) is 13.6 Å². The van der Waals surface area contributed by atoms with Crippen LogP contribution in [-0.4, -0.2) is 20.9 Å². The Balaban J connectivity index is 2.14. The molecule has 7 heteroatoms. The standard InChI is InChI=1S/C12H15ClN2O3S/c13-10-4-9(5-11(6-10)19(14,17)18)12(16)15-7-8-2-1-3-8/h4-6,8H,1-3,7H2,(H,15,16)(H2,14,17,18). The van der Waals surface area contributed by atoms with Gasteiger partial charge in [-0.1, -0.05) is 18.0 Å². The minimum Gasteiger partial charge on any atom is -0.352 e. The first-order chi connectivity index (χ1) is 8.86. The normalized spacial score (nSPS) is 15.9. The van der Waals surface area contributed by atoms with E-state index in [1.807, 2.05) is 0 Å². The van der Waals surface area contributed by atoms with Gasteiger partial charge in [-0.3, -0.25) is 4.79 Å². The van der Waals surface area contributed by atoms with Gasteiger partial charge in [-0.2, -0.15) is 0 Å². The van der Waals surface area contributed by atoms with Crippen LogP contribution in [0.2, 0.25) is 5.02 Å². The van der Waals surface area contributed by atoms with Crippen molar-refractivity contribution in [2.24, 2.45) is 11.1 Å². The van der Waals surface area contributed by atoms with Crippen molar-refractivity contribution in [1.82, 2.24) is 5.32 Å². The van der Waals surface area contributed by atoms with Crippen molar-refractivity contribution in [3.8, 4) is 0 Å². The summed E-state index contributed by atoms with van der Waals surface area (Å²) < 4.78 is 22.5. The molecule has 3 N–H and O–H groups in total. The quantitative estimate of drug-likeness (QED) is 0.883. The summed E-state index contributed by atoms with van der Waals surface area (Å²) in [5, 5.41) is 7.97. The number of primary sulfonamides is 1. The van der Waals surface area contributed by atoms with E-state index in [0.29, 0.717) is 12.5 Å². The van der Waals surface area contributed by atoms with Crippen LogP contribution in [0.25, 0.3) is 0 Å². The minimum absolute atomic E-state index is 0.159. The molecule has 0 saturated heterocycles. The van der Waals surface area contributed by atoms with Gasteiger partial charge in [0.2, 0.25) is 10.0 Å². The molecule has 0 atom stereocenters. The summed E-state index contributed by atoms with van der Waals surface area (Å²) in [5.74, 6) is 0.195. The molecule has 1 saturated carbocycles. The monoisotopic (exact) mass is 302 g/mol. The molecule has 19 heavy (non-hydrogen) atoms. The summed E-state index contributed by atoms with van der Waals surface area (Å²) in [6.07, 6.45) is 3.45. The number of carbonyl (C=O) groups excluding carboxylic acids is 1. The van der Waals surface area contributed by atoms with Crippen LogP contribution in [0.4, 0.5) is 0 Å². The van der Waals surface area contributed by atoms with Gasteiger partial charge in [0, 0.05) is 17.1 Å². The molecule has 1 aromatic carbocycles. The van der Waals surface area contributed by atoms with Gasteiger partial charge in [0.15, 0.2) is 0 Å². The third-order valence-corrected chi connectivity index (χ3v) is 4.35. The fraction of sp³-hybridized carbons (Fsp3) is 0.417. The summed E-state index contributed by atoms with van der Waals surface area (Å²) in [5.41, 5.74) is 0.204. The number of nitrogens with two attached hydrogens (primary N) is 1. The molecule has 1 aromatic rings. The van der Waals surface area contributed by atoms with Crippen LogP contribution in [0, 0.1) is 5.92 Å². The SMILES string of the molecule is NS(=O)(=O)c1cc(Cl)cc(C(=O)NCC2CCC2)c1. The molecule has 5 nitrogen and oxygen atoms in total. The second-order valence-electron chi connectivity index (χ2n) is 4.73. The number of halogens is 1. The summed E-state index contributed by atoms with van der Waals surface area (Å²) in [7, 11) is -3.87. The van der Waals surface area contributed by atoms with Gasteiger partial charge >= 0.3 is 0 Å². The van der Waals surface area contributed by atoms with Gasteiger partial charge in [-0.15, -0.1) is 0 Å². The highest BCUT2D eigenvalue weighted by Crippen LogP contribution is 2.25. The Kier molecular flexibility index (Phi) is 4.13. The number of rotatable bonds is 4. The lowest BCUT2D eigenvalue weighted by molar-refractivity contribution is 0.0939. The van der Waals surface area contributed by atoms with Gasteiger partial charge in [0.1, 0.15) is 0 Å². The van der Waals surface area contributed by atoms with Gasteiger partial charge in [0.25, 0.3) is 5.91 Å². The van der Waals surface area contributed by atoms with Crippen molar-refractivity contribution in [1.29, 1.82) is 0 Å². The Bertz CT molecular complexity index is 597. The lowest BCUT2D eigenvalue weighted by atomic mass is 9.85. The Labute approximate surface area is 117 Å². The van der Waals surface area contributed by atoms with Crippen molar-refractivity contribution in [2.45, 2.75) is 24.2 Å². The van der Waals surface area contributed by atoms with E-state index in [2.05, 4.69) is 5.32 Å². The van der Waals surface area contributed by atoms with Crippen LogP contribution in [0.5, 0.6) is 0 Å². The van der Waals surface area contributed by atoms with Crippen LogP contribution in [0.3, 0.4) is 0 Å². The molecule has 0 spiro atoms. The lowest BCUT2D eigenvalue weighted by Gasteiger charge is -2.25. The van der Waals surface area contributed by atoms with Crippen LogP contribution in [-0.2, 0) is 10.0 Å². The summed E-state index contributed by atoms with van der Waals surface area (Å²) >= 11 is 5.80. The summed E-state index contributed by atoms with van der Waals surface area (Å²) in [4.78, 5) is 11.8. The maximum Gasteiger partial charge on any atom is 0.251 e. The van der Waals surface area contributed by atoms with Crippen molar-refractivity contribution in [3.05, 3.63) is 28.8 Å². The molecular weight excluding hydrogens is 288 g/mol. The lowest BCUT2D eigenvalue weighted by Crippen LogP contribution is -2.32. The highest BCUT2D eigenvalue weighted by atomic mass is 35.5. The average molecular weight is 303 g/mol. The first-order valence-electron chi connectivity index (χ1n) is 5.98. The number of sulfonamides is 1. The Morgan fingerprint density at radius 3 is 2.58 bits per heavy atom. The van der Waals surface area contributed by atoms with Gasteiger partial charge in [-0.05, 0) is 37.0 Å². The van der Waals surface area contributed by atoms with Crippen molar-refractivity contribution >= 4 is 27.5 Å². The predicted molar refractivity (Wildman–Crippen MR) is 72.5 cm³/mol. The van der Waals surface area contributed by atoms with Gasteiger partial charge in [0.05, 0.1) is 4.90 Å². The number of carbonyl (C=O) groups is 1. The molecule has 0 radical (unpaired) electrons. The number of hydrogen-bond acceptors (Lipinski definition) is 3. The highest BCUT2D eigenvalue weighted by Gasteiger charge is 2.19. The van der Waals surface area contributed by atoms with Crippen molar-refractivity contribution < 1.29 is 13.2 Å². The molecule has 2 rings (SSSR count). The Hall–Kier alpha value is -1.11. The van der Waals surface area contributed by atoms with Crippen LogP contribution in [0.1, 0.15) is 29.6 Å². The number of nitrogens with one attached hydrogen (secondary N) is 1. The van der Waals surface area contributed by atoms with Gasteiger partial charge < -0.3 is 5.32 Å². The van der Waals surface area contributed by atoms with Crippen LogP contribution in [0.15, 0.2) is 23.1 Å². The van der Waals surface area contributed by atoms with E-state index in [-0.39, 0.29) is 21.4 Å². The molecule has 0 bridgehead atoms. The van der Waals surface area contributed by atoms with E-state index < -0.39 is 10.0 Å². The van der Waals surface area contributed by atoms with Crippen molar-refractivity contribution in [3.63, 3.8) is 0 Å². The zero-order valence-corrected chi connectivity index (χ0v) is 11.8. The molecule has 1 aliphatic rings. The third-order valence-electron chi connectivity index (χ3n) is 3.24. The first kappa shape index (κ1) is 14.3. The van der Waals surface area contributed by atoms with E-state index in [1.165, 1.54) is 24.6 Å². The predicted octanol–water partition coefficient (Wildman–Crippen LogP) is 1.52.